The third-order valence-corrected chi connectivity index (χ3v) is 2.47. The second kappa shape index (κ2) is 6.00. The summed E-state index contributed by atoms with van der Waals surface area (Å²) >= 11 is 0. The fourth-order valence-electron chi connectivity index (χ4n) is 0.958. The molecule has 0 amide bonds. The summed E-state index contributed by atoms with van der Waals surface area (Å²) in [6, 6.07) is 3.32. The van der Waals surface area contributed by atoms with Crippen molar-refractivity contribution in [1.82, 2.24) is 0 Å². The van der Waals surface area contributed by atoms with Crippen LogP contribution in [0.3, 0.4) is 0 Å². The summed E-state index contributed by atoms with van der Waals surface area (Å²) in [7, 11) is -4.50. The number of nitrogens with zero attached hydrogens (tertiary/aromatic N) is 3. The van der Waals surface area contributed by atoms with Crippen molar-refractivity contribution in [2.45, 2.75) is 4.90 Å². The van der Waals surface area contributed by atoms with E-state index in [1.54, 1.807) is 0 Å². The standard InChI is InChI=1S/C7H5N3O4S.Na.H/c8-10-9-6-2-1-5(4-11)7(3-6)15(12,13)14;;/h1-4H,(H,12,13,14);;/q;+1;-1. The molecule has 1 aromatic carbocycles. The predicted molar refractivity (Wildman–Crippen MR) is 51.6 cm³/mol. The Hall–Kier alpha value is -0.890. The van der Waals surface area contributed by atoms with Crippen molar-refractivity contribution in [2.75, 3.05) is 0 Å². The van der Waals surface area contributed by atoms with Crippen molar-refractivity contribution < 1.29 is 48.7 Å². The molecule has 1 N–H and O–H groups in total. The molecule has 0 fully saturated rings. The maximum atomic E-state index is 10.8. The van der Waals surface area contributed by atoms with Crippen LogP contribution in [0.15, 0.2) is 28.2 Å². The molecule has 0 atom stereocenters. The van der Waals surface area contributed by atoms with E-state index >= 15 is 0 Å². The Bertz CT molecular complexity index is 556. The zero-order valence-electron chi connectivity index (χ0n) is 9.23. The zero-order chi connectivity index (χ0) is 11.5. The largest absolute Gasteiger partial charge is 1.00 e. The molecular formula is C7H6N3NaO4S. The van der Waals surface area contributed by atoms with Gasteiger partial charge in [-0.15, -0.1) is 0 Å². The summed E-state index contributed by atoms with van der Waals surface area (Å²) in [6.07, 6.45) is 0.281. The van der Waals surface area contributed by atoms with Gasteiger partial charge in [-0.2, -0.15) is 8.42 Å². The van der Waals surface area contributed by atoms with E-state index in [0.29, 0.717) is 0 Å². The molecule has 1 rings (SSSR count). The molecule has 0 aliphatic heterocycles. The summed E-state index contributed by atoms with van der Waals surface area (Å²) in [6.45, 7) is 0. The number of carbonyl (C=O) groups is 1. The van der Waals surface area contributed by atoms with Gasteiger partial charge in [0.2, 0.25) is 0 Å². The molecule has 0 heterocycles. The Morgan fingerprint density at radius 1 is 1.50 bits per heavy atom. The van der Waals surface area contributed by atoms with E-state index in [0.717, 1.165) is 12.1 Å². The van der Waals surface area contributed by atoms with Gasteiger partial charge in [-0.05, 0) is 17.7 Å². The first-order chi connectivity index (χ1) is 6.99. The van der Waals surface area contributed by atoms with Gasteiger partial charge in [-0.3, -0.25) is 9.35 Å². The van der Waals surface area contributed by atoms with Crippen molar-refractivity contribution in [3.8, 4) is 0 Å². The number of azide groups is 1. The smallest absolute Gasteiger partial charge is 1.00 e. The molecule has 0 saturated carbocycles. The molecule has 16 heavy (non-hydrogen) atoms. The van der Waals surface area contributed by atoms with E-state index in [9.17, 15) is 13.2 Å². The molecule has 9 heteroatoms. The topological polar surface area (TPSA) is 120 Å². The minimum absolute atomic E-state index is 0. The second-order valence-electron chi connectivity index (χ2n) is 2.50. The van der Waals surface area contributed by atoms with Crippen molar-refractivity contribution in [3.05, 3.63) is 34.2 Å². The predicted octanol–water partition coefficient (Wildman–Crippen LogP) is -1.20. The Kier molecular flexibility index (Phi) is 5.66. The van der Waals surface area contributed by atoms with Crippen LogP contribution in [0, 0.1) is 0 Å². The van der Waals surface area contributed by atoms with Crippen LogP contribution in [-0.4, -0.2) is 19.3 Å². The van der Waals surface area contributed by atoms with Gasteiger partial charge < -0.3 is 1.43 Å². The fraction of sp³-hybridized carbons (Fsp3) is 0. The second-order valence-corrected chi connectivity index (χ2v) is 3.89. The number of hydrogen-bond acceptors (Lipinski definition) is 4. The average Bonchev–Trinajstić information content (AvgIpc) is 2.17. The summed E-state index contributed by atoms with van der Waals surface area (Å²) in [4.78, 5) is 12.3. The maximum absolute atomic E-state index is 10.8. The molecule has 7 nitrogen and oxygen atoms in total. The van der Waals surface area contributed by atoms with Crippen LogP contribution in [0.5, 0.6) is 0 Å². The van der Waals surface area contributed by atoms with Gasteiger partial charge in [-0.25, -0.2) is 0 Å². The summed E-state index contributed by atoms with van der Waals surface area (Å²) in [5.41, 5.74) is 7.91. The van der Waals surface area contributed by atoms with Crippen LogP contribution in [0.25, 0.3) is 10.4 Å². The first kappa shape index (κ1) is 15.1. The Morgan fingerprint density at radius 3 is 2.56 bits per heavy atom. The van der Waals surface area contributed by atoms with Crippen molar-refractivity contribution in [3.63, 3.8) is 0 Å². The summed E-state index contributed by atoms with van der Waals surface area (Å²) in [5, 5.41) is 3.15. The fourth-order valence-corrected chi connectivity index (χ4v) is 1.64. The molecule has 0 aromatic heterocycles. The third-order valence-electron chi connectivity index (χ3n) is 1.56. The summed E-state index contributed by atoms with van der Waals surface area (Å²) < 4.78 is 30.4. The number of benzene rings is 1. The van der Waals surface area contributed by atoms with E-state index in [1.807, 2.05) is 0 Å². The van der Waals surface area contributed by atoms with Gasteiger partial charge in [-0.1, -0.05) is 11.2 Å². The molecule has 0 aliphatic rings. The van der Waals surface area contributed by atoms with E-state index in [1.165, 1.54) is 6.07 Å². The Labute approximate surface area is 115 Å². The van der Waals surface area contributed by atoms with E-state index in [4.69, 9.17) is 10.1 Å². The third kappa shape index (κ3) is 3.60. The normalized spacial score (nSPS) is 9.81. The van der Waals surface area contributed by atoms with Crippen LogP contribution in [-0.2, 0) is 10.1 Å². The first-order valence-electron chi connectivity index (χ1n) is 3.61. The van der Waals surface area contributed by atoms with E-state index in [-0.39, 0.29) is 48.5 Å². The van der Waals surface area contributed by atoms with Gasteiger partial charge in [0.05, 0.1) is 0 Å². The minimum atomic E-state index is -4.50. The Morgan fingerprint density at radius 2 is 2.12 bits per heavy atom. The molecule has 0 saturated heterocycles. The monoisotopic (exact) mass is 251 g/mol. The van der Waals surface area contributed by atoms with Gasteiger partial charge in [0.25, 0.3) is 10.1 Å². The first-order valence-corrected chi connectivity index (χ1v) is 5.05. The van der Waals surface area contributed by atoms with Crippen molar-refractivity contribution >= 4 is 22.1 Å². The minimum Gasteiger partial charge on any atom is -1.00 e. The van der Waals surface area contributed by atoms with Crippen LogP contribution in [0.1, 0.15) is 11.8 Å². The average molecular weight is 251 g/mol. The van der Waals surface area contributed by atoms with Crippen molar-refractivity contribution in [2.24, 2.45) is 5.11 Å². The molecule has 0 radical (unpaired) electrons. The van der Waals surface area contributed by atoms with Crippen molar-refractivity contribution in [1.29, 1.82) is 0 Å². The van der Waals surface area contributed by atoms with Crippen LogP contribution in [0.2, 0.25) is 0 Å². The molecule has 0 unspecified atom stereocenters. The molecule has 0 aliphatic carbocycles. The van der Waals surface area contributed by atoms with Gasteiger partial charge >= 0.3 is 29.6 Å². The summed E-state index contributed by atoms with van der Waals surface area (Å²) in [5.74, 6) is 0. The molecule has 0 spiro atoms. The van der Waals surface area contributed by atoms with Crippen LogP contribution in [0.4, 0.5) is 5.69 Å². The molecule has 0 bridgehead atoms. The van der Waals surface area contributed by atoms with Crippen LogP contribution >= 0.6 is 0 Å². The SMILES string of the molecule is [H-].[N-]=[N+]=Nc1ccc(C=O)c(S(=O)(=O)O)c1.[Na+]. The molecule has 80 valence electrons. The van der Waals surface area contributed by atoms with E-state index < -0.39 is 15.0 Å². The Balaban J connectivity index is 0. The maximum Gasteiger partial charge on any atom is 1.00 e. The quantitative estimate of drug-likeness (QED) is 0.181. The number of rotatable bonds is 3. The van der Waals surface area contributed by atoms with Gasteiger partial charge in [0, 0.05) is 16.2 Å². The number of aldehydes is 1. The molecule has 1 aromatic rings. The zero-order valence-corrected chi connectivity index (χ0v) is 11.0. The van der Waals surface area contributed by atoms with E-state index in [2.05, 4.69) is 10.0 Å². The number of hydrogen-bond donors (Lipinski definition) is 1. The van der Waals surface area contributed by atoms with Crippen LogP contribution < -0.4 is 29.6 Å². The number of carbonyl (C=O) groups excluding carboxylic acids is 1. The van der Waals surface area contributed by atoms with Gasteiger partial charge in [0.1, 0.15) is 4.90 Å². The molecular weight excluding hydrogens is 245 g/mol. The van der Waals surface area contributed by atoms with Gasteiger partial charge in [0.15, 0.2) is 6.29 Å².